The molecule has 0 aliphatic carbocycles. The van der Waals surface area contributed by atoms with Crippen molar-refractivity contribution in [2.24, 2.45) is 0 Å². The molecule has 14 heavy (non-hydrogen) atoms. The van der Waals surface area contributed by atoms with Crippen molar-refractivity contribution >= 4 is 0 Å². The molecule has 0 aromatic carbocycles. The van der Waals surface area contributed by atoms with Gasteiger partial charge < -0.3 is 14.2 Å². The second-order valence-electron chi connectivity index (χ2n) is 3.13. The highest BCUT2D eigenvalue weighted by molar-refractivity contribution is 4.69. The van der Waals surface area contributed by atoms with Gasteiger partial charge in [-0.05, 0) is 12.8 Å². The molecule has 0 N–H and O–H groups in total. The van der Waals surface area contributed by atoms with Gasteiger partial charge >= 0.3 is 0 Å². The quantitative estimate of drug-likeness (QED) is 0.494. The van der Waals surface area contributed by atoms with E-state index in [-0.39, 0.29) is 22.3 Å². The molecule has 2 rings (SSSR count). The van der Waals surface area contributed by atoms with E-state index in [9.17, 15) is 0 Å². The maximum absolute atomic E-state index is 5.36. The average molecular weight is 206 g/mol. The maximum atomic E-state index is 5.36. The minimum atomic E-state index is 0. The molecule has 0 radical (unpaired) electrons. The fraction of sp³-hybridized carbons (Fsp3) is 1.00. The van der Waals surface area contributed by atoms with Crippen LogP contribution in [0.1, 0.15) is 35.1 Å². The number of epoxide rings is 2. The molecule has 88 valence electrons. The number of hydrogen-bond acceptors (Lipinski definition) is 3. The summed E-state index contributed by atoms with van der Waals surface area (Å²) in [5, 5.41) is 0. The largest absolute Gasteiger partial charge is 0.379 e. The molecule has 2 atom stereocenters. The molecule has 0 aromatic heterocycles. The minimum absolute atomic E-state index is 0. The lowest BCUT2D eigenvalue weighted by atomic mass is 10.3. The van der Waals surface area contributed by atoms with Crippen LogP contribution in [-0.2, 0) is 14.2 Å². The Balaban J connectivity index is 0. The lowest BCUT2D eigenvalue weighted by molar-refractivity contribution is 0.112. The van der Waals surface area contributed by atoms with Crippen LogP contribution in [0, 0.1) is 0 Å². The van der Waals surface area contributed by atoms with Crippen LogP contribution in [0.3, 0.4) is 0 Å². The van der Waals surface area contributed by atoms with E-state index < -0.39 is 0 Å². The Labute approximate surface area is 88.7 Å². The summed E-state index contributed by atoms with van der Waals surface area (Å²) in [6.07, 6.45) is 3.24. The third-order valence-electron chi connectivity index (χ3n) is 1.92. The van der Waals surface area contributed by atoms with Gasteiger partial charge in [-0.2, -0.15) is 0 Å². The topological polar surface area (TPSA) is 34.3 Å². The van der Waals surface area contributed by atoms with Gasteiger partial charge in [0.05, 0.1) is 25.9 Å². The van der Waals surface area contributed by atoms with Gasteiger partial charge in [-0.25, -0.2) is 0 Å². The van der Waals surface area contributed by atoms with Crippen molar-refractivity contribution in [3.63, 3.8) is 0 Å². The standard InChI is InChI=1S/C8H14O3.3CH4/c1(2-7-5-10-7)3-9-4-8-6-11-8;;;/h7-8H,1-6H2;3*1H4. The normalized spacial score (nSPS) is 26.6. The van der Waals surface area contributed by atoms with Crippen LogP contribution in [0.2, 0.25) is 0 Å². The van der Waals surface area contributed by atoms with Gasteiger partial charge in [0.2, 0.25) is 0 Å². The van der Waals surface area contributed by atoms with Crippen LogP contribution in [0.25, 0.3) is 0 Å². The highest BCUT2D eigenvalue weighted by Gasteiger charge is 2.23. The zero-order valence-electron chi connectivity index (χ0n) is 6.62. The van der Waals surface area contributed by atoms with Crippen LogP contribution in [0.15, 0.2) is 0 Å². The predicted octanol–water partition coefficient (Wildman–Crippen LogP) is 2.49. The summed E-state index contributed by atoms with van der Waals surface area (Å²) in [6, 6.07) is 0. The van der Waals surface area contributed by atoms with E-state index in [2.05, 4.69) is 0 Å². The van der Waals surface area contributed by atoms with Crippen LogP contribution >= 0.6 is 0 Å². The zero-order valence-corrected chi connectivity index (χ0v) is 6.62. The fourth-order valence-corrected chi connectivity index (χ4v) is 1.03. The van der Waals surface area contributed by atoms with Gasteiger partial charge in [0.15, 0.2) is 0 Å². The first kappa shape index (κ1) is 16.3. The lowest BCUT2D eigenvalue weighted by Gasteiger charge is -1.99. The molecule has 2 saturated heterocycles. The summed E-state index contributed by atoms with van der Waals surface area (Å²) in [7, 11) is 0. The van der Waals surface area contributed by atoms with Gasteiger partial charge in [-0.15, -0.1) is 0 Å². The summed E-state index contributed by atoms with van der Waals surface area (Å²) < 4.78 is 15.4. The highest BCUT2D eigenvalue weighted by Crippen LogP contribution is 2.15. The van der Waals surface area contributed by atoms with E-state index in [0.29, 0.717) is 12.2 Å². The molecule has 2 heterocycles. The molecular formula is C11H26O3. The van der Waals surface area contributed by atoms with Gasteiger partial charge in [0, 0.05) is 6.61 Å². The molecule has 0 spiro atoms. The van der Waals surface area contributed by atoms with Crippen molar-refractivity contribution in [1.29, 1.82) is 0 Å². The van der Waals surface area contributed by atoms with Crippen molar-refractivity contribution in [3.8, 4) is 0 Å². The first-order valence-electron chi connectivity index (χ1n) is 4.26. The van der Waals surface area contributed by atoms with Crippen LogP contribution in [0.5, 0.6) is 0 Å². The molecule has 0 amide bonds. The average Bonchev–Trinajstić information content (AvgIpc) is 2.83. The Morgan fingerprint density at radius 1 is 1.00 bits per heavy atom. The van der Waals surface area contributed by atoms with Gasteiger partial charge in [-0.1, -0.05) is 22.3 Å². The maximum Gasteiger partial charge on any atom is 0.104 e. The Morgan fingerprint density at radius 2 is 1.57 bits per heavy atom. The van der Waals surface area contributed by atoms with Crippen molar-refractivity contribution < 1.29 is 14.2 Å². The fourth-order valence-electron chi connectivity index (χ4n) is 1.03. The Morgan fingerprint density at radius 3 is 2.07 bits per heavy atom. The van der Waals surface area contributed by atoms with E-state index in [1.807, 2.05) is 0 Å². The molecule has 0 bridgehead atoms. The van der Waals surface area contributed by atoms with E-state index in [1.54, 1.807) is 0 Å². The molecule has 3 nitrogen and oxygen atoms in total. The second-order valence-corrected chi connectivity index (χ2v) is 3.13. The first-order valence-corrected chi connectivity index (χ1v) is 4.26. The molecule has 2 aliphatic rings. The van der Waals surface area contributed by atoms with Crippen LogP contribution in [0.4, 0.5) is 0 Å². The highest BCUT2D eigenvalue weighted by atomic mass is 16.6. The number of hydrogen-bond donors (Lipinski definition) is 0. The van der Waals surface area contributed by atoms with E-state index >= 15 is 0 Å². The van der Waals surface area contributed by atoms with Gasteiger partial charge in [0.25, 0.3) is 0 Å². The minimum Gasteiger partial charge on any atom is -0.379 e. The molecule has 0 aromatic rings. The van der Waals surface area contributed by atoms with Gasteiger partial charge in [-0.3, -0.25) is 0 Å². The summed E-state index contributed by atoms with van der Waals surface area (Å²) >= 11 is 0. The number of ether oxygens (including phenoxy) is 3. The zero-order chi connectivity index (χ0) is 7.52. The monoisotopic (exact) mass is 206 g/mol. The van der Waals surface area contributed by atoms with Crippen LogP contribution < -0.4 is 0 Å². The van der Waals surface area contributed by atoms with E-state index in [4.69, 9.17) is 14.2 Å². The molecule has 2 aliphatic heterocycles. The smallest absolute Gasteiger partial charge is 0.104 e. The predicted molar refractivity (Wildman–Crippen MR) is 59.7 cm³/mol. The SMILES string of the molecule is C.C.C.C(COCC1CO1)CC1CO1. The summed E-state index contributed by atoms with van der Waals surface area (Å²) in [5.74, 6) is 0. The molecular weight excluding hydrogens is 180 g/mol. The van der Waals surface area contributed by atoms with Crippen molar-refractivity contribution in [3.05, 3.63) is 0 Å². The molecule has 2 unspecified atom stereocenters. The van der Waals surface area contributed by atoms with E-state index in [0.717, 1.165) is 39.3 Å². The van der Waals surface area contributed by atoms with Crippen molar-refractivity contribution in [2.75, 3.05) is 26.4 Å². The summed E-state index contributed by atoms with van der Waals surface area (Å²) in [5.41, 5.74) is 0. The third kappa shape index (κ3) is 7.30. The Hall–Kier alpha value is -0.120. The molecule has 0 saturated carbocycles. The second kappa shape index (κ2) is 8.21. The molecule has 2 fully saturated rings. The summed E-state index contributed by atoms with van der Waals surface area (Å²) in [4.78, 5) is 0. The van der Waals surface area contributed by atoms with Crippen LogP contribution in [-0.4, -0.2) is 38.6 Å². The Bertz CT molecular complexity index is 106. The van der Waals surface area contributed by atoms with E-state index in [1.165, 1.54) is 0 Å². The van der Waals surface area contributed by atoms with Crippen molar-refractivity contribution in [2.45, 2.75) is 47.3 Å². The lowest BCUT2D eigenvalue weighted by Crippen LogP contribution is -2.03. The molecule has 3 heteroatoms. The number of rotatable bonds is 6. The first-order chi connectivity index (χ1) is 5.45. The third-order valence-corrected chi connectivity index (χ3v) is 1.92. The van der Waals surface area contributed by atoms with Crippen molar-refractivity contribution in [1.82, 2.24) is 0 Å². The Kier molecular flexibility index (Phi) is 9.57. The van der Waals surface area contributed by atoms with Gasteiger partial charge in [0.1, 0.15) is 6.10 Å². The summed E-state index contributed by atoms with van der Waals surface area (Å²) in [6.45, 7) is 3.50.